The van der Waals surface area contributed by atoms with Crippen molar-refractivity contribution in [3.8, 4) is 0 Å². The Labute approximate surface area is 118 Å². The molecule has 112 valence electrons. The zero-order chi connectivity index (χ0) is 13.6. The van der Waals surface area contributed by atoms with Crippen LogP contribution in [0.2, 0.25) is 0 Å². The predicted molar refractivity (Wildman–Crippen MR) is 78.4 cm³/mol. The van der Waals surface area contributed by atoms with E-state index in [2.05, 4.69) is 19.2 Å². The first kappa shape index (κ1) is 15.3. The van der Waals surface area contributed by atoms with Crippen LogP contribution in [0.1, 0.15) is 58.8 Å². The van der Waals surface area contributed by atoms with Crippen LogP contribution in [0.3, 0.4) is 0 Å². The Bertz CT molecular complexity index is 246. The van der Waals surface area contributed by atoms with Crippen LogP contribution in [0, 0.1) is 5.92 Å². The highest BCUT2D eigenvalue weighted by atomic mass is 16.5. The van der Waals surface area contributed by atoms with Gasteiger partial charge in [-0.05, 0) is 64.3 Å². The third-order valence-corrected chi connectivity index (χ3v) is 4.75. The van der Waals surface area contributed by atoms with Gasteiger partial charge in [0.15, 0.2) is 0 Å². The molecule has 3 heteroatoms. The van der Waals surface area contributed by atoms with Crippen LogP contribution in [0.4, 0.5) is 0 Å². The second kappa shape index (κ2) is 7.61. The fourth-order valence-electron chi connectivity index (χ4n) is 3.45. The molecule has 0 amide bonds. The van der Waals surface area contributed by atoms with Gasteiger partial charge in [-0.2, -0.15) is 0 Å². The molecule has 3 nitrogen and oxygen atoms in total. The van der Waals surface area contributed by atoms with Gasteiger partial charge in [-0.1, -0.05) is 6.92 Å². The van der Waals surface area contributed by atoms with E-state index in [0.717, 1.165) is 45.1 Å². The molecule has 0 aromatic rings. The SMILES string of the molecule is CCCNC(C)CCC1CCOC2(CCOCC2)C1. The first-order valence-electron chi connectivity index (χ1n) is 8.19. The second-order valence-electron chi connectivity index (χ2n) is 6.44. The van der Waals surface area contributed by atoms with E-state index in [0.29, 0.717) is 6.04 Å². The minimum atomic E-state index is 0.168. The van der Waals surface area contributed by atoms with Crippen molar-refractivity contribution in [1.82, 2.24) is 5.32 Å². The quantitative estimate of drug-likeness (QED) is 0.803. The molecular formula is C16H31NO2. The van der Waals surface area contributed by atoms with Gasteiger partial charge in [0.25, 0.3) is 0 Å². The molecule has 2 unspecified atom stereocenters. The van der Waals surface area contributed by atoms with Crippen LogP contribution in [0.15, 0.2) is 0 Å². The van der Waals surface area contributed by atoms with Gasteiger partial charge in [-0.25, -0.2) is 0 Å². The summed E-state index contributed by atoms with van der Waals surface area (Å²) in [4.78, 5) is 0. The maximum Gasteiger partial charge on any atom is 0.0729 e. The van der Waals surface area contributed by atoms with Crippen molar-refractivity contribution in [2.24, 2.45) is 5.92 Å². The maximum absolute atomic E-state index is 6.11. The summed E-state index contributed by atoms with van der Waals surface area (Å²) in [6.45, 7) is 8.44. The summed E-state index contributed by atoms with van der Waals surface area (Å²) in [7, 11) is 0. The summed E-state index contributed by atoms with van der Waals surface area (Å²) in [6, 6.07) is 0.661. The lowest BCUT2D eigenvalue weighted by atomic mass is 9.79. The van der Waals surface area contributed by atoms with E-state index in [-0.39, 0.29) is 5.60 Å². The number of hydrogen-bond donors (Lipinski definition) is 1. The molecule has 0 bridgehead atoms. The molecule has 2 aliphatic rings. The van der Waals surface area contributed by atoms with Crippen molar-refractivity contribution in [2.75, 3.05) is 26.4 Å². The highest BCUT2D eigenvalue weighted by Crippen LogP contribution is 2.38. The predicted octanol–water partition coefficient (Wildman–Crippen LogP) is 3.13. The van der Waals surface area contributed by atoms with Gasteiger partial charge < -0.3 is 14.8 Å². The molecule has 1 N–H and O–H groups in total. The van der Waals surface area contributed by atoms with Gasteiger partial charge in [0.05, 0.1) is 5.60 Å². The molecule has 19 heavy (non-hydrogen) atoms. The van der Waals surface area contributed by atoms with Crippen molar-refractivity contribution < 1.29 is 9.47 Å². The molecule has 2 aliphatic heterocycles. The van der Waals surface area contributed by atoms with E-state index in [1.165, 1.54) is 32.1 Å². The fourth-order valence-corrected chi connectivity index (χ4v) is 3.45. The van der Waals surface area contributed by atoms with Crippen LogP contribution >= 0.6 is 0 Å². The normalized spacial score (nSPS) is 28.4. The number of ether oxygens (including phenoxy) is 2. The minimum Gasteiger partial charge on any atom is -0.381 e. The Balaban J connectivity index is 1.71. The second-order valence-corrected chi connectivity index (χ2v) is 6.44. The molecule has 2 heterocycles. The summed E-state index contributed by atoms with van der Waals surface area (Å²) in [5, 5.41) is 3.59. The Morgan fingerprint density at radius 1 is 1.26 bits per heavy atom. The summed E-state index contributed by atoms with van der Waals surface area (Å²) in [5.41, 5.74) is 0.168. The van der Waals surface area contributed by atoms with Crippen molar-refractivity contribution >= 4 is 0 Å². The van der Waals surface area contributed by atoms with Crippen LogP contribution in [0.5, 0.6) is 0 Å². The van der Waals surface area contributed by atoms with Gasteiger partial charge in [-0.15, -0.1) is 0 Å². The van der Waals surface area contributed by atoms with Crippen LogP contribution in [-0.2, 0) is 9.47 Å². The molecule has 2 atom stereocenters. The van der Waals surface area contributed by atoms with E-state index < -0.39 is 0 Å². The van der Waals surface area contributed by atoms with E-state index in [9.17, 15) is 0 Å². The van der Waals surface area contributed by atoms with Gasteiger partial charge in [0.2, 0.25) is 0 Å². The lowest BCUT2D eigenvalue weighted by molar-refractivity contribution is -0.147. The standard InChI is InChI=1S/C16H31NO2/c1-3-9-17-14(2)4-5-15-6-10-19-16(13-15)7-11-18-12-8-16/h14-15,17H,3-13H2,1-2H3. The molecule has 0 aliphatic carbocycles. The monoisotopic (exact) mass is 269 g/mol. The third-order valence-electron chi connectivity index (χ3n) is 4.75. The van der Waals surface area contributed by atoms with Crippen molar-refractivity contribution in [3.63, 3.8) is 0 Å². The molecule has 0 saturated carbocycles. The molecule has 2 fully saturated rings. The van der Waals surface area contributed by atoms with E-state index in [4.69, 9.17) is 9.47 Å². The van der Waals surface area contributed by atoms with Gasteiger partial charge in [0, 0.05) is 25.9 Å². The summed E-state index contributed by atoms with van der Waals surface area (Å²) < 4.78 is 11.6. The fraction of sp³-hybridized carbons (Fsp3) is 1.00. The minimum absolute atomic E-state index is 0.168. The molecule has 2 rings (SSSR count). The largest absolute Gasteiger partial charge is 0.381 e. The lowest BCUT2D eigenvalue weighted by Gasteiger charge is -2.43. The molecule has 0 radical (unpaired) electrons. The van der Waals surface area contributed by atoms with Gasteiger partial charge in [-0.3, -0.25) is 0 Å². The smallest absolute Gasteiger partial charge is 0.0729 e. The van der Waals surface area contributed by atoms with Crippen LogP contribution in [-0.4, -0.2) is 38.0 Å². The van der Waals surface area contributed by atoms with Gasteiger partial charge in [0.1, 0.15) is 0 Å². The topological polar surface area (TPSA) is 30.5 Å². The zero-order valence-electron chi connectivity index (χ0n) is 12.7. The Kier molecular flexibility index (Phi) is 6.11. The highest BCUT2D eigenvalue weighted by molar-refractivity contribution is 4.89. The Hall–Kier alpha value is -0.120. The molecule has 1 spiro atoms. The van der Waals surface area contributed by atoms with Crippen LogP contribution in [0.25, 0.3) is 0 Å². The van der Waals surface area contributed by atoms with E-state index in [1.54, 1.807) is 0 Å². The molecule has 0 aromatic carbocycles. The highest BCUT2D eigenvalue weighted by Gasteiger charge is 2.38. The average molecular weight is 269 g/mol. The lowest BCUT2D eigenvalue weighted by Crippen LogP contribution is -2.44. The van der Waals surface area contributed by atoms with Crippen molar-refractivity contribution in [3.05, 3.63) is 0 Å². The first-order chi connectivity index (χ1) is 9.24. The molecule has 2 saturated heterocycles. The van der Waals surface area contributed by atoms with Gasteiger partial charge >= 0.3 is 0 Å². The average Bonchev–Trinajstić information content (AvgIpc) is 2.44. The third kappa shape index (κ3) is 4.73. The molecule has 0 aromatic heterocycles. The van der Waals surface area contributed by atoms with Crippen LogP contribution < -0.4 is 5.32 Å². The zero-order valence-corrected chi connectivity index (χ0v) is 12.7. The van der Waals surface area contributed by atoms with E-state index >= 15 is 0 Å². The summed E-state index contributed by atoms with van der Waals surface area (Å²) >= 11 is 0. The number of rotatable bonds is 6. The molecular weight excluding hydrogens is 238 g/mol. The number of hydrogen-bond acceptors (Lipinski definition) is 3. The summed E-state index contributed by atoms with van der Waals surface area (Å²) in [5.74, 6) is 0.859. The summed E-state index contributed by atoms with van der Waals surface area (Å²) in [6.07, 6.45) is 8.60. The van der Waals surface area contributed by atoms with E-state index in [1.807, 2.05) is 0 Å². The maximum atomic E-state index is 6.11. The number of nitrogens with one attached hydrogen (secondary N) is 1. The van der Waals surface area contributed by atoms with Crippen molar-refractivity contribution in [2.45, 2.75) is 70.4 Å². The van der Waals surface area contributed by atoms with Crippen molar-refractivity contribution in [1.29, 1.82) is 0 Å². The first-order valence-corrected chi connectivity index (χ1v) is 8.19. The Morgan fingerprint density at radius 2 is 2.05 bits per heavy atom. The Morgan fingerprint density at radius 3 is 2.79 bits per heavy atom.